The topological polar surface area (TPSA) is 90.1 Å². The number of aliphatic carboxylic acids is 1. The average molecular weight is 382 g/mol. The molecule has 0 fully saturated rings. The number of fused-ring (bicyclic) bond motifs is 3. The van der Waals surface area contributed by atoms with E-state index < -0.39 is 12.6 Å². The minimum absolute atomic E-state index is 0.185. The van der Waals surface area contributed by atoms with Crippen molar-refractivity contribution in [3.8, 4) is 11.5 Å². The normalized spacial score (nSPS) is 12.0. The summed E-state index contributed by atoms with van der Waals surface area (Å²) >= 11 is 1.26. The fourth-order valence-electron chi connectivity index (χ4n) is 2.85. The van der Waals surface area contributed by atoms with Crippen molar-refractivity contribution in [2.75, 3.05) is 13.7 Å². The molecule has 0 aliphatic carbocycles. The number of thiazole rings is 1. The summed E-state index contributed by atoms with van der Waals surface area (Å²) in [5.41, 5.74) is 1.89. The van der Waals surface area contributed by atoms with Crippen LogP contribution in [-0.4, -0.2) is 34.2 Å². The fraction of sp³-hybridized carbons (Fsp3) is 0.105. The molecule has 136 valence electrons. The third kappa shape index (κ3) is 3.00. The van der Waals surface area contributed by atoms with Crippen LogP contribution >= 0.6 is 11.3 Å². The third-order valence-corrected chi connectivity index (χ3v) is 4.97. The van der Waals surface area contributed by atoms with E-state index in [4.69, 9.17) is 14.6 Å². The molecular formula is C19H14N2O5S. The molecule has 0 radical (unpaired) electrons. The Bertz CT molecular complexity index is 1270. The van der Waals surface area contributed by atoms with Crippen LogP contribution in [0.25, 0.3) is 22.1 Å². The van der Waals surface area contributed by atoms with E-state index in [0.717, 1.165) is 11.0 Å². The number of ether oxygens (including phenoxy) is 2. The van der Waals surface area contributed by atoms with Crippen LogP contribution in [0.5, 0.6) is 11.5 Å². The Labute approximate surface area is 156 Å². The van der Waals surface area contributed by atoms with Crippen molar-refractivity contribution in [3.63, 3.8) is 0 Å². The molecule has 4 rings (SSSR count). The largest absolute Gasteiger partial charge is 0.493 e. The smallest absolute Gasteiger partial charge is 0.341 e. The van der Waals surface area contributed by atoms with E-state index in [2.05, 4.69) is 4.98 Å². The number of carboxylic acids is 1. The van der Waals surface area contributed by atoms with Gasteiger partial charge in [0.2, 0.25) is 0 Å². The van der Waals surface area contributed by atoms with E-state index in [1.807, 2.05) is 24.3 Å². The van der Waals surface area contributed by atoms with Gasteiger partial charge in [-0.05, 0) is 24.3 Å². The Morgan fingerprint density at radius 1 is 1.26 bits per heavy atom. The van der Waals surface area contributed by atoms with Crippen molar-refractivity contribution in [1.29, 1.82) is 0 Å². The summed E-state index contributed by atoms with van der Waals surface area (Å²) in [6.07, 6.45) is 1.66. The van der Waals surface area contributed by atoms with E-state index in [0.29, 0.717) is 20.8 Å². The van der Waals surface area contributed by atoms with Gasteiger partial charge in [0.25, 0.3) is 5.56 Å². The second-order valence-electron chi connectivity index (χ2n) is 5.70. The first kappa shape index (κ1) is 17.0. The maximum Gasteiger partial charge on any atom is 0.341 e. The van der Waals surface area contributed by atoms with Gasteiger partial charge in [0.05, 0.1) is 22.7 Å². The number of aromatic nitrogens is 2. The SMILES string of the molecule is COc1cccc(/C=c2\sc3nc4ccccc4n3c2=O)c1OCC(=O)O. The summed E-state index contributed by atoms with van der Waals surface area (Å²) in [7, 11) is 1.47. The van der Waals surface area contributed by atoms with Gasteiger partial charge in [-0.15, -0.1) is 0 Å². The Morgan fingerprint density at radius 2 is 2.07 bits per heavy atom. The molecule has 0 amide bonds. The van der Waals surface area contributed by atoms with Gasteiger partial charge in [0.1, 0.15) is 0 Å². The molecule has 0 spiro atoms. The minimum Gasteiger partial charge on any atom is -0.493 e. The lowest BCUT2D eigenvalue weighted by molar-refractivity contribution is -0.139. The molecule has 0 aliphatic rings. The summed E-state index contributed by atoms with van der Waals surface area (Å²) < 4.78 is 12.7. The number of imidazole rings is 1. The second kappa shape index (κ2) is 6.73. The fourth-order valence-corrected chi connectivity index (χ4v) is 3.83. The molecule has 0 saturated heterocycles. The zero-order chi connectivity index (χ0) is 19.0. The summed E-state index contributed by atoms with van der Waals surface area (Å²) in [5, 5.41) is 8.90. The molecule has 8 heteroatoms. The monoisotopic (exact) mass is 382 g/mol. The molecule has 2 heterocycles. The van der Waals surface area contributed by atoms with Crippen LogP contribution in [0.1, 0.15) is 5.56 Å². The van der Waals surface area contributed by atoms with Crippen molar-refractivity contribution >= 4 is 39.4 Å². The second-order valence-corrected chi connectivity index (χ2v) is 6.70. The van der Waals surface area contributed by atoms with Gasteiger partial charge in [-0.2, -0.15) is 0 Å². The van der Waals surface area contributed by atoms with Crippen LogP contribution in [0, 0.1) is 0 Å². The number of benzene rings is 2. The summed E-state index contributed by atoms with van der Waals surface area (Å²) in [6, 6.07) is 12.6. The first-order chi connectivity index (χ1) is 13.1. The van der Waals surface area contributed by atoms with E-state index >= 15 is 0 Å². The van der Waals surface area contributed by atoms with Crippen molar-refractivity contribution in [1.82, 2.24) is 9.38 Å². The predicted molar refractivity (Wildman–Crippen MR) is 102 cm³/mol. The van der Waals surface area contributed by atoms with Crippen molar-refractivity contribution < 1.29 is 19.4 Å². The van der Waals surface area contributed by atoms with Crippen molar-refractivity contribution in [2.24, 2.45) is 0 Å². The van der Waals surface area contributed by atoms with Crippen molar-refractivity contribution in [2.45, 2.75) is 0 Å². The van der Waals surface area contributed by atoms with Gasteiger partial charge < -0.3 is 14.6 Å². The molecule has 0 bridgehead atoms. The number of carbonyl (C=O) groups is 1. The van der Waals surface area contributed by atoms with Crippen molar-refractivity contribution in [3.05, 3.63) is 62.9 Å². The van der Waals surface area contributed by atoms with E-state index in [9.17, 15) is 9.59 Å². The molecule has 0 aliphatic heterocycles. The molecule has 0 unspecified atom stereocenters. The maximum absolute atomic E-state index is 12.9. The minimum atomic E-state index is -1.10. The summed E-state index contributed by atoms with van der Waals surface area (Å²) in [5.74, 6) is -0.431. The Hall–Kier alpha value is -3.39. The van der Waals surface area contributed by atoms with Gasteiger partial charge >= 0.3 is 5.97 Å². The highest BCUT2D eigenvalue weighted by molar-refractivity contribution is 7.15. The third-order valence-electron chi connectivity index (χ3n) is 4.00. The zero-order valence-corrected chi connectivity index (χ0v) is 15.0. The van der Waals surface area contributed by atoms with Crippen LogP contribution < -0.4 is 19.6 Å². The molecular weight excluding hydrogens is 368 g/mol. The highest BCUT2D eigenvalue weighted by Crippen LogP contribution is 2.31. The lowest BCUT2D eigenvalue weighted by Crippen LogP contribution is -2.22. The number of para-hydroxylation sites is 3. The van der Waals surface area contributed by atoms with Gasteiger partial charge in [0.15, 0.2) is 23.1 Å². The zero-order valence-electron chi connectivity index (χ0n) is 14.2. The Kier molecular flexibility index (Phi) is 4.25. The molecule has 2 aromatic carbocycles. The van der Waals surface area contributed by atoms with Crippen LogP contribution in [-0.2, 0) is 4.79 Å². The summed E-state index contributed by atoms with van der Waals surface area (Å²) in [6.45, 7) is -0.510. The molecule has 4 aromatic rings. The van der Waals surface area contributed by atoms with E-state index in [1.165, 1.54) is 18.4 Å². The first-order valence-electron chi connectivity index (χ1n) is 8.02. The lowest BCUT2D eigenvalue weighted by atomic mass is 10.2. The lowest BCUT2D eigenvalue weighted by Gasteiger charge is -2.11. The molecule has 2 aromatic heterocycles. The van der Waals surface area contributed by atoms with Crippen LogP contribution in [0.15, 0.2) is 47.3 Å². The predicted octanol–water partition coefficient (Wildman–Crippen LogP) is 1.93. The molecule has 0 atom stereocenters. The Balaban J connectivity index is 1.90. The molecule has 0 saturated carbocycles. The number of methoxy groups -OCH3 is 1. The maximum atomic E-state index is 12.9. The van der Waals surface area contributed by atoms with E-state index in [1.54, 1.807) is 28.7 Å². The molecule has 27 heavy (non-hydrogen) atoms. The van der Waals surface area contributed by atoms with Crippen LogP contribution in [0.2, 0.25) is 0 Å². The Morgan fingerprint density at radius 3 is 2.85 bits per heavy atom. The molecule has 1 N–H and O–H groups in total. The van der Waals surface area contributed by atoms with Crippen LogP contribution in [0.4, 0.5) is 0 Å². The quantitative estimate of drug-likeness (QED) is 0.567. The number of rotatable bonds is 5. The average Bonchev–Trinajstić information content (AvgIpc) is 3.17. The van der Waals surface area contributed by atoms with Gasteiger partial charge in [-0.3, -0.25) is 4.79 Å². The van der Waals surface area contributed by atoms with Gasteiger partial charge in [0, 0.05) is 5.56 Å². The molecule has 7 nitrogen and oxygen atoms in total. The highest BCUT2D eigenvalue weighted by atomic mass is 32.1. The number of nitrogens with zero attached hydrogens (tertiary/aromatic N) is 2. The number of hydrogen-bond acceptors (Lipinski definition) is 6. The summed E-state index contributed by atoms with van der Waals surface area (Å²) in [4.78, 5) is 28.8. The number of carboxylic acid groups (broad SMARTS) is 1. The number of hydrogen-bond donors (Lipinski definition) is 1. The highest BCUT2D eigenvalue weighted by Gasteiger charge is 2.14. The van der Waals surface area contributed by atoms with Crippen LogP contribution in [0.3, 0.4) is 0 Å². The first-order valence-corrected chi connectivity index (χ1v) is 8.83. The van der Waals surface area contributed by atoms with Gasteiger partial charge in [-0.25, -0.2) is 14.2 Å². The van der Waals surface area contributed by atoms with Gasteiger partial charge in [-0.1, -0.05) is 35.6 Å². The standard InChI is InChI=1S/C19H14N2O5S/c1-25-14-8-4-5-11(17(14)26-10-16(22)23)9-15-18(24)21-13-7-3-2-6-12(13)20-19(21)27-15/h2-9H,10H2,1H3,(H,22,23)/b15-9-. The van der Waals surface area contributed by atoms with E-state index in [-0.39, 0.29) is 11.3 Å².